The molecule has 0 aromatic carbocycles. The van der Waals surface area contributed by atoms with Gasteiger partial charge in [0.2, 0.25) is 5.91 Å². The van der Waals surface area contributed by atoms with Crippen LogP contribution in [-0.2, 0) is 4.79 Å². The minimum absolute atomic E-state index is 0.214. The Morgan fingerprint density at radius 2 is 1.94 bits per heavy atom. The number of amides is 1. The van der Waals surface area contributed by atoms with Crippen LogP contribution in [0.1, 0.15) is 32.1 Å². The Labute approximate surface area is 97.2 Å². The van der Waals surface area contributed by atoms with Gasteiger partial charge in [0.05, 0.1) is 6.10 Å². The van der Waals surface area contributed by atoms with Gasteiger partial charge < -0.3 is 14.9 Å². The molecule has 2 saturated heterocycles. The zero-order valence-corrected chi connectivity index (χ0v) is 9.90. The van der Waals surface area contributed by atoms with Gasteiger partial charge in [-0.25, -0.2) is 0 Å². The summed E-state index contributed by atoms with van der Waals surface area (Å²) in [5.41, 5.74) is 0. The topological polar surface area (TPSA) is 43.8 Å². The third kappa shape index (κ3) is 3.19. The molecule has 0 aromatic heterocycles. The Morgan fingerprint density at radius 3 is 2.62 bits per heavy atom. The summed E-state index contributed by atoms with van der Waals surface area (Å²) in [6, 6.07) is 0. The van der Waals surface area contributed by atoms with Crippen LogP contribution >= 0.6 is 0 Å². The number of likely N-dealkylation sites (tertiary alicyclic amines) is 2. The monoisotopic (exact) mass is 226 g/mol. The molecular weight excluding hydrogens is 204 g/mol. The van der Waals surface area contributed by atoms with E-state index in [4.69, 9.17) is 0 Å². The highest BCUT2D eigenvalue weighted by Gasteiger charge is 2.22. The minimum Gasteiger partial charge on any atom is -0.391 e. The van der Waals surface area contributed by atoms with Crippen molar-refractivity contribution in [2.24, 2.45) is 0 Å². The summed E-state index contributed by atoms with van der Waals surface area (Å²) in [6.07, 6.45) is 4.65. The van der Waals surface area contributed by atoms with Crippen LogP contribution in [0.3, 0.4) is 0 Å². The van der Waals surface area contributed by atoms with Crippen molar-refractivity contribution in [1.29, 1.82) is 0 Å². The third-order valence-electron chi connectivity index (χ3n) is 3.59. The maximum Gasteiger partial charge on any atom is 0.223 e. The van der Waals surface area contributed by atoms with E-state index >= 15 is 0 Å². The number of aliphatic hydroxyl groups excluding tert-OH is 1. The van der Waals surface area contributed by atoms with Crippen LogP contribution in [0.2, 0.25) is 0 Å². The first-order valence-corrected chi connectivity index (χ1v) is 6.44. The average molecular weight is 226 g/mol. The van der Waals surface area contributed by atoms with Gasteiger partial charge in [-0.1, -0.05) is 0 Å². The molecule has 0 unspecified atom stereocenters. The highest BCUT2D eigenvalue weighted by atomic mass is 16.3. The first-order chi connectivity index (χ1) is 7.75. The Morgan fingerprint density at radius 1 is 1.19 bits per heavy atom. The lowest BCUT2D eigenvalue weighted by molar-refractivity contribution is -0.134. The van der Waals surface area contributed by atoms with Crippen LogP contribution in [0.15, 0.2) is 0 Å². The number of carbonyl (C=O) groups is 1. The molecule has 0 spiro atoms. The molecule has 1 N–H and O–H groups in total. The molecule has 0 radical (unpaired) electrons. The minimum atomic E-state index is -0.301. The number of rotatable bonds is 3. The Balaban J connectivity index is 1.70. The van der Waals surface area contributed by atoms with E-state index in [0.29, 0.717) is 13.0 Å². The van der Waals surface area contributed by atoms with Crippen molar-refractivity contribution < 1.29 is 9.90 Å². The molecule has 0 aromatic rings. The zero-order valence-electron chi connectivity index (χ0n) is 9.90. The normalized spacial score (nSPS) is 27.3. The van der Waals surface area contributed by atoms with E-state index in [-0.39, 0.29) is 12.0 Å². The Kier molecular flexibility index (Phi) is 4.18. The molecule has 0 saturated carbocycles. The largest absolute Gasteiger partial charge is 0.391 e. The molecule has 1 atom stereocenters. The van der Waals surface area contributed by atoms with Crippen molar-refractivity contribution in [1.82, 2.24) is 9.80 Å². The van der Waals surface area contributed by atoms with Gasteiger partial charge in [-0.3, -0.25) is 4.79 Å². The number of carbonyl (C=O) groups excluding carboxylic acids is 1. The Bertz CT molecular complexity index is 239. The lowest BCUT2D eigenvalue weighted by Gasteiger charge is -2.30. The maximum atomic E-state index is 11.9. The highest BCUT2D eigenvalue weighted by molar-refractivity contribution is 5.76. The molecule has 1 amide bonds. The van der Waals surface area contributed by atoms with E-state index in [1.165, 1.54) is 12.8 Å². The van der Waals surface area contributed by atoms with Crippen molar-refractivity contribution in [2.75, 3.05) is 32.7 Å². The van der Waals surface area contributed by atoms with E-state index in [2.05, 4.69) is 4.90 Å². The van der Waals surface area contributed by atoms with E-state index in [0.717, 1.165) is 39.0 Å². The quantitative estimate of drug-likeness (QED) is 0.760. The fraction of sp³-hybridized carbons (Fsp3) is 0.917. The van der Waals surface area contributed by atoms with E-state index in [1.807, 2.05) is 4.90 Å². The van der Waals surface area contributed by atoms with Crippen LogP contribution in [0, 0.1) is 0 Å². The summed E-state index contributed by atoms with van der Waals surface area (Å²) >= 11 is 0. The lowest BCUT2D eigenvalue weighted by Crippen LogP contribution is -2.43. The zero-order chi connectivity index (χ0) is 11.4. The summed E-state index contributed by atoms with van der Waals surface area (Å²) in [5, 5.41) is 9.50. The van der Waals surface area contributed by atoms with Crippen LogP contribution in [-0.4, -0.2) is 59.6 Å². The van der Waals surface area contributed by atoms with Crippen LogP contribution in [0.5, 0.6) is 0 Å². The number of piperidine rings is 1. The molecule has 2 aliphatic rings. The summed E-state index contributed by atoms with van der Waals surface area (Å²) in [6.45, 7) is 4.56. The van der Waals surface area contributed by atoms with Crippen molar-refractivity contribution >= 4 is 5.91 Å². The van der Waals surface area contributed by atoms with Gasteiger partial charge in [-0.05, 0) is 38.8 Å². The summed E-state index contributed by atoms with van der Waals surface area (Å²) < 4.78 is 0. The number of hydrogen-bond acceptors (Lipinski definition) is 3. The second kappa shape index (κ2) is 5.64. The second-order valence-corrected chi connectivity index (χ2v) is 4.93. The van der Waals surface area contributed by atoms with Crippen molar-refractivity contribution in [3.8, 4) is 0 Å². The number of hydrogen-bond donors (Lipinski definition) is 1. The van der Waals surface area contributed by atoms with Gasteiger partial charge in [-0.2, -0.15) is 0 Å². The molecule has 0 bridgehead atoms. The van der Waals surface area contributed by atoms with E-state index in [1.54, 1.807) is 0 Å². The van der Waals surface area contributed by atoms with Gasteiger partial charge in [0.25, 0.3) is 0 Å². The highest BCUT2D eigenvalue weighted by Crippen LogP contribution is 2.12. The van der Waals surface area contributed by atoms with Crippen molar-refractivity contribution in [2.45, 2.75) is 38.2 Å². The van der Waals surface area contributed by atoms with Crippen LogP contribution in [0.4, 0.5) is 0 Å². The summed E-state index contributed by atoms with van der Waals surface area (Å²) in [7, 11) is 0. The average Bonchev–Trinajstić information content (AvgIpc) is 2.78. The van der Waals surface area contributed by atoms with Gasteiger partial charge >= 0.3 is 0 Å². The predicted octanol–water partition coefficient (Wildman–Crippen LogP) is 0.456. The predicted molar refractivity (Wildman–Crippen MR) is 62.1 cm³/mol. The second-order valence-electron chi connectivity index (χ2n) is 4.93. The molecule has 4 nitrogen and oxygen atoms in total. The van der Waals surface area contributed by atoms with Crippen LogP contribution < -0.4 is 0 Å². The van der Waals surface area contributed by atoms with E-state index < -0.39 is 0 Å². The first-order valence-electron chi connectivity index (χ1n) is 6.44. The van der Waals surface area contributed by atoms with Crippen molar-refractivity contribution in [3.63, 3.8) is 0 Å². The smallest absolute Gasteiger partial charge is 0.223 e. The number of nitrogens with zero attached hydrogens (tertiary/aromatic N) is 2. The SMILES string of the molecule is O=C(CCN1CCCC1)N1CCC[C@H](O)C1. The number of aliphatic hydroxyl groups is 1. The fourth-order valence-electron chi connectivity index (χ4n) is 2.60. The standard InChI is InChI=1S/C12H22N2O2/c15-11-4-3-8-14(10-11)12(16)5-9-13-6-1-2-7-13/h11,15H,1-10H2/t11-/m0/s1. The first kappa shape index (κ1) is 11.9. The van der Waals surface area contributed by atoms with Gasteiger partial charge in [0.15, 0.2) is 0 Å². The molecule has 4 heteroatoms. The molecule has 0 aliphatic carbocycles. The lowest BCUT2D eigenvalue weighted by atomic mass is 10.1. The van der Waals surface area contributed by atoms with Gasteiger partial charge in [-0.15, -0.1) is 0 Å². The maximum absolute atomic E-state index is 11.9. The number of β-amino-alcohol motifs (C(OH)–C–C–N with tert-alkyl or cyclic N) is 1. The van der Waals surface area contributed by atoms with E-state index in [9.17, 15) is 9.90 Å². The van der Waals surface area contributed by atoms with Crippen LogP contribution in [0.25, 0.3) is 0 Å². The third-order valence-corrected chi connectivity index (χ3v) is 3.59. The van der Waals surface area contributed by atoms with Crippen molar-refractivity contribution in [3.05, 3.63) is 0 Å². The molecule has 2 heterocycles. The molecule has 16 heavy (non-hydrogen) atoms. The molecule has 2 rings (SSSR count). The summed E-state index contributed by atoms with van der Waals surface area (Å²) in [5.74, 6) is 0.214. The Hall–Kier alpha value is -0.610. The van der Waals surface area contributed by atoms with Gasteiger partial charge in [0.1, 0.15) is 0 Å². The molecule has 2 aliphatic heterocycles. The molecule has 92 valence electrons. The molecule has 2 fully saturated rings. The fourth-order valence-corrected chi connectivity index (χ4v) is 2.60. The summed E-state index contributed by atoms with van der Waals surface area (Å²) in [4.78, 5) is 16.1. The molecular formula is C12H22N2O2. The van der Waals surface area contributed by atoms with Gasteiger partial charge in [0, 0.05) is 26.1 Å².